The van der Waals surface area contributed by atoms with Gasteiger partial charge in [0, 0.05) is 26.2 Å². The van der Waals surface area contributed by atoms with Gasteiger partial charge in [-0.05, 0) is 12.1 Å². The first-order valence-corrected chi connectivity index (χ1v) is 11.5. The second kappa shape index (κ2) is 8.21. The number of hydrogen-bond acceptors (Lipinski definition) is 6. The van der Waals surface area contributed by atoms with Crippen LogP contribution in [-0.2, 0) is 10.2 Å². The lowest BCUT2D eigenvalue weighted by atomic mass is 9.93. The predicted octanol–water partition coefficient (Wildman–Crippen LogP) is 6.06. The molecule has 0 bridgehead atoms. The number of hydrogen-bond donors (Lipinski definition) is 1. The Bertz CT molecular complexity index is 897. The summed E-state index contributed by atoms with van der Waals surface area (Å²) in [5, 5.41) is 7.52. The summed E-state index contributed by atoms with van der Waals surface area (Å²) in [5.74, 6) is 0.253. The Labute approximate surface area is 173 Å². The predicted molar refractivity (Wildman–Crippen MR) is 115 cm³/mol. The highest BCUT2D eigenvalue weighted by Crippen LogP contribution is 2.30. The molecule has 4 nitrogen and oxygen atoms in total. The van der Waals surface area contributed by atoms with Gasteiger partial charge in [-0.2, -0.15) is 0 Å². The largest absolute Gasteiger partial charge is 0.301 e. The second-order valence-electron chi connectivity index (χ2n) is 6.63. The Hall–Kier alpha value is -1.22. The highest BCUT2D eigenvalue weighted by molar-refractivity contribution is 9.10. The van der Waals surface area contributed by atoms with E-state index in [-0.39, 0.29) is 11.3 Å². The molecule has 8 heteroatoms. The van der Waals surface area contributed by atoms with Crippen LogP contribution in [0, 0.1) is 0 Å². The number of carbonyl (C=O) groups excluding carboxylic acids is 1. The van der Waals surface area contributed by atoms with E-state index in [0.717, 1.165) is 25.8 Å². The Morgan fingerprint density at radius 1 is 1.15 bits per heavy atom. The van der Waals surface area contributed by atoms with Gasteiger partial charge in [-0.25, -0.2) is 9.97 Å². The summed E-state index contributed by atoms with van der Waals surface area (Å²) in [5.41, 5.74) is 2.97. The first kappa shape index (κ1) is 19.5. The molecule has 1 amide bonds. The number of amides is 1. The minimum Gasteiger partial charge on any atom is -0.301 e. The molecular weight excluding hydrogens is 450 g/mol. The van der Waals surface area contributed by atoms with Crippen molar-refractivity contribution < 1.29 is 4.79 Å². The highest BCUT2D eigenvalue weighted by atomic mass is 79.9. The molecule has 2 aromatic heterocycles. The van der Waals surface area contributed by atoms with Crippen molar-refractivity contribution in [2.24, 2.45) is 0 Å². The zero-order valence-corrected chi connectivity index (χ0v) is 18.6. The molecule has 0 saturated heterocycles. The van der Waals surface area contributed by atoms with Gasteiger partial charge in [-0.1, -0.05) is 60.6 Å². The quantitative estimate of drug-likeness (QED) is 0.463. The maximum Gasteiger partial charge on any atom is 0.236 e. The van der Waals surface area contributed by atoms with Gasteiger partial charge in [0.25, 0.3) is 0 Å². The fourth-order valence-corrected chi connectivity index (χ4v) is 4.89. The molecule has 0 saturated carbocycles. The standard InChI is InChI=1S/C18H18BrN3OS3/c1-18(2,3)14-9-24-16(21-14)22-15(23)10-26-17-20-13(8-25-17)11-4-6-12(19)7-5-11/h4-9H,10H2,1-3H3,(H,21,22,23). The van der Waals surface area contributed by atoms with Crippen LogP contribution in [0.1, 0.15) is 26.5 Å². The van der Waals surface area contributed by atoms with Crippen LogP contribution in [0.5, 0.6) is 0 Å². The number of rotatable bonds is 5. The summed E-state index contributed by atoms with van der Waals surface area (Å²) in [6.45, 7) is 6.32. The molecule has 0 radical (unpaired) electrons. The molecule has 26 heavy (non-hydrogen) atoms. The van der Waals surface area contributed by atoms with Crippen molar-refractivity contribution in [3.8, 4) is 11.3 Å². The summed E-state index contributed by atoms with van der Waals surface area (Å²) in [6.07, 6.45) is 0. The lowest BCUT2D eigenvalue weighted by Gasteiger charge is -2.14. The van der Waals surface area contributed by atoms with Crippen LogP contribution < -0.4 is 5.32 Å². The first-order chi connectivity index (χ1) is 12.3. The van der Waals surface area contributed by atoms with Gasteiger partial charge in [0.05, 0.1) is 17.1 Å². The molecule has 3 rings (SSSR count). The van der Waals surface area contributed by atoms with E-state index in [1.54, 1.807) is 11.3 Å². The summed E-state index contributed by atoms with van der Waals surface area (Å²) in [4.78, 5) is 21.3. The van der Waals surface area contributed by atoms with Crippen molar-refractivity contribution in [3.05, 3.63) is 45.2 Å². The molecule has 136 valence electrons. The van der Waals surface area contributed by atoms with Gasteiger partial charge >= 0.3 is 0 Å². The number of thiazole rings is 2. The summed E-state index contributed by atoms with van der Waals surface area (Å²) in [6, 6.07) is 8.04. The van der Waals surface area contributed by atoms with Crippen LogP contribution in [0.25, 0.3) is 11.3 Å². The van der Waals surface area contributed by atoms with Gasteiger partial charge in [0.2, 0.25) is 5.91 Å². The van der Waals surface area contributed by atoms with Gasteiger partial charge in [-0.3, -0.25) is 4.79 Å². The molecule has 1 N–H and O–H groups in total. The zero-order valence-electron chi connectivity index (χ0n) is 14.6. The van der Waals surface area contributed by atoms with E-state index in [2.05, 4.69) is 52.0 Å². The maximum atomic E-state index is 12.2. The number of nitrogens with one attached hydrogen (secondary N) is 1. The molecule has 2 heterocycles. The number of anilines is 1. The molecule has 0 aliphatic rings. The van der Waals surface area contributed by atoms with Crippen molar-refractivity contribution in [1.82, 2.24) is 9.97 Å². The monoisotopic (exact) mass is 467 g/mol. The van der Waals surface area contributed by atoms with Crippen molar-refractivity contribution >= 4 is 61.4 Å². The van der Waals surface area contributed by atoms with Gasteiger partial charge in [0.1, 0.15) is 0 Å². The van der Waals surface area contributed by atoms with E-state index >= 15 is 0 Å². The third-order valence-corrected chi connectivity index (χ3v) is 6.78. The summed E-state index contributed by atoms with van der Waals surface area (Å²) >= 11 is 7.89. The molecule has 0 spiro atoms. The van der Waals surface area contributed by atoms with Crippen LogP contribution in [0.15, 0.2) is 43.8 Å². The van der Waals surface area contributed by atoms with Crippen molar-refractivity contribution in [2.75, 3.05) is 11.1 Å². The van der Waals surface area contributed by atoms with Crippen LogP contribution in [0.2, 0.25) is 0 Å². The lowest BCUT2D eigenvalue weighted by molar-refractivity contribution is -0.113. The van der Waals surface area contributed by atoms with Crippen LogP contribution in [-0.4, -0.2) is 21.6 Å². The highest BCUT2D eigenvalue weighted by Gasteiger charge is 2.18. The molecule has 3 aromatic rings. The zero-order chi connectivity index (χ0) is 18.7. The fourth-order valence-electron chi connectivity index (χ4n) is 2.04. The van der Waals surface area contributed by atoms with E-state index in [1.165, 1.54) is 23.1 Å². The van der Waals surface area contributed by atoms with Gasteiger partial charge < -0.3 is 5.32 Å². The number of carbonyl (C=O) groups is 1. The van der Waals surface area contributed by atoms with Crippen LogP contribution >= 0.6 is 50.4 Å². The third kappa shape index (κ3) is 5.16. The molecule has 0 aliphatic carbocycles. The van der Waals surface area contributed by atoms with E-state index < -0.39 is 0 Å². The fraction of sp³-hybridized carbons (Fsp3) is 0.278. The van der Waals surface area contributed by atoms with E-state index in [0.29, 0.717) is 10.9 Å². The first-order valence-electron chi connectivity index (χ1n) is 7.91. The van der Waals surface area contributed by atoms with Gasteiger partial charge in [-0.15, -0.1) is 22.7 Å². The second-order valence-corrected chi connectivity index (χ2v) is 10.5. The SMILES string of the molecule is CC(C)(C)c1csc(NC(=O)CSc2nc(-c3ccc(Br)cc3)cs2)n1. The number of thioether (sulfide) groups is 1. The van der Waals surface area contributed by atoms with Crippen molar-refractivity contribution in [2.45, 2.75) is 30.5 Å². The number of benzene rings is 1. The summed E-state index contributed by atoms with van der Waals surface area (Å²) < 4.78 is 1.92. The van der Waals surface area contributed by atoms with E-state index in [4.69, 9.17) is 0 Å². The van der Waals surface area contributed by atoms with Crippen molar-refractivity contribution in [3.63, 3.8) is 0 Å². The molecule has 0 aliphatic heterocycles. The lowest BCUT2D eigenvalue weighted by Crippen LogP contribution is -2.15. The Balaban J connectivity index is 1.55. The summed E-state index contributed by atoms with van der Waals surface area (Å²) in [7, 11) is 0. The van der Waals surface area contributed by atoms with E-state index in [1.807, 2.05) is 35.0 Å². The Kier molecular flexibility index (Phi) is 6.17. The molecule has 0 unspecified atom stereocenters. The smallest absolute Gasteiger partial charge is 0.236 e. The molecule has 0 fully saturated rings. The Morgan fingerprint density at radius 2 is 1.88 bits per heavy atom. The van der Waals surface area contributed by atoms with Crippen LogP contribution in [0.3, 0.4) is 0 Å². The normalized spacial score (nSPS) is 11.5. The van der Waals surface area contributed by atoms with E-state index in [9.17, 15) is 4.79 Å². The average Bonchev–Trinajstić information content (AvgIpc) is 3.22. The number of aromatic nitrogens is 2. The molecule has 0 atom stereocenters. The third-order valence-electron chi connectivity index (χ3n) is 3.47. The Morgan fingerprint density at radius 3 is 2.54 bits per heavy atom. The van der Waals surface area contributed by atoms with Gasteiger partial charge in [0.15, 0.2) is 9.47 Å². The van der Waals surface area contributed by atoms with Crippen molar-refractivity contribution in [1.29, 1.82) is 0 Å². The van der Waals surface area contributed by atoms with Crippen LogP contribution in [0.4, 0.5) is 5.13 Å². The topological polar surface area (TPSA) is 54.9 Å². The maximum absolute atomic E-state index is 12.2. The number of halogens is 1. The minimum absolute atomic E-state index is 0.0153. The molecule has 1 aromatic carbocycles. The molecular formula is C18H18BrN3OS3. The average molecular weight is 468 g/mol. The minimum atomic E-state index is -0.0646. The number of nitrogens with zero attached hydrogens (tertiary/aromatic N) is 2.